The fraction of sp³-hybridized carbons (Fsp3) is 0.250. The Labute approximate surface area is 194 Å². The predicted molar refractivity (Wildman–Crippen MR) is 134 cm³/mol. The van der Waals surface area contributed by atoms with Crippen molar-refractivity contribution in [3.05, 3.63) is 94.7 Å². The number of carbonyl (C=O) groups is 1. The molecule has 0 bridgehead atoms. The van der Waals surface area contributed by atoms with Gasteiger partial charge in [-0.05, 0) is 79.1 Å². The van der Waals surface area contributed by atoms with Gasteiger partial charge in [0.2, 0.25) is 0 Å². The third kappa shape index (κ3) is 4.44. The standard InChI is InChI=1S/C28H29N3O2/c1-19-10-11-21(16-27(19)29-15-14-20-6-3-2-4-7-20)18-31(28(32)33)22-12-13-26-24(17-22)23-8-5-9-25(23)30-26/h2-4,6-7,10-13,16-17,29-30H,5,8-9,14-15,18H2,1H3,(H,32,33). The number of hydrogen-bond donors (Lipinski definition) is 3. The molecule has 0 radical (unpaired) electrons. The molecule has 168 valence electrons. The molecule has 1 heterocycles. The zero-order valence-corrected chi connectivity index (χ0v) is 18.9. The van der Waals surface area contributed by atoms with Gasteiger partial charge in [0.25, 0.3) is 0 Å². The Bertz CT molecular complexity index is 1290. The SMILES string of the molecule is Cc1ccc(CN(C(=O)O)c2ccc3[nH]c4c(c3c2)CCC4)cc1NCCc1ccccc1. The molecule has 0 spiro atoms. The number of hydrogen-bond acceptors (Lipinski definition) is 2. The van der Waals surface area contributed by atoms with Crippen LogP contribution in [-0.4, -0.2) is 22.7 Å². The molecule has 3 aromatic carbocycles. The van der Waals surface area contributed by atoms with Gasteiger partial charge in [-0.1, -0.05) is 42.5 Å². The highest BCUT2D eigenvalue weighted by molar-refractivity contribution is 5.93. The molecule has 0 fully saturated rings. The van der Waals surface area contributed by atoms with Crippen molar-refractivity contribution in [2.75, 3.05) is 16.8 Å². The summed E-state index contributed by atoms with van der Waals surface area (Å²) in [5.74, 6) is 0. The number of carboxylic acid groups (broad SMARTS) is 1. The molecule has 1 amide bonds. The number of nitrogens with zero attached hydrogens (tertiary/aromatic N) is 1. The Morgan fingerprint density at radius 2 is 1.88 bits per heavy atom. The molecule has 5 heteroatoms. The van der Waals surface area contributed by atoms with Crippen LogP contribution in [0.15, 0.2) is 66.7 Å². The average molecular weight is 440 g/mol. The molecule has 1 aliphatic carbocycles. The van der Waals surface area contributed by atoms with Gasteiger partial charge in [-0.3, -0.25) is 4.90 Å². The van der Waals surface area contributed by atoms with Crippen LogP contribution in [0.1, 0.15) is 34.4 Å². The van der Waals surface area contributed by atoms with Crippen LogP contribution >= 0.6 is 0 Å². The number of aromatic nitrogens is 1. The third-order valence-corrected chi connectivity index (χ3v) is 6.59. The summed E-state index contributed by atoms with van der Waals surface area (Å²) in [6.45, 7) is 3.21. The normalized spacial score (nSPS) is 12.6. The number of amides is 1. The molecular weight excluding hydrogens is 410 g/mol. The number of benzene rings is 3. The zero-order chi connectivity index (χ0) is 22.8. The Balaban J connectivity index is 1.34. The molecular formula is C28H29N3O2. The van der Waals surface area contributed by atoms with E-state index in [1.54, 1.807) is 0 Å². The van der Waals surface area contributed by atoms with Crippen LogP contribution in [-0.2, 0) is 25.8 Å². The third-order valence-electron chi connectivity index (χ3n) is 6.59. The predicted octanol–water partition coefficient (Wildman–Crippen LogP) is 6.30. The lowest BCUT2D eigenvalue weighted by atomic mass is 10.1. The van der Waals surface area contributed by atoms with Crippen molar-refractivity contribution in [2.45, 2.75) is 39.2 Å². The summed E-state index contributed by atoms with van der Waals surface area (Å²) >= 11 is 0. The van der Waals surface area contributed by atoms with Gasteiger partial charge in [-0.15, -0.1) is 0 Å². The number of aromatic amines is 1. The van der Waals surface area contributed by atoms with Crippen molar-refractivity contribution in [3.63, 3.8) is 0 Å². The molecule has 33 heavy (non-hydrogen) atoms. The van der Waals surface area contributed by atoms with Crippen molar-refractivity contribution in [3.8, 4) is 0 Å². The van der Waals surface area contributed by atoms with Crippen LogP contribution < -0.4 is 10.2 Å². The summed E-state index contributed by atoms with van der Waals surface area (Å²) in [7, 11) is 0. The molecule has 5 nitrogen and oxygen atoms in total. The first-order valence-corrected chi connectivity index (χ1v) is 11.6. The van der Waals surface area contributed by atoms with Crippen molar-refractivity contribution in [2.24, 2.45) is 0 Å². The Morgan fingerprint density at radius 3 is 2.70 bits per heavy atom. The summed E-state index contributed by atoms with van der Waals surface area (Å²) in [6, 6.07) is 22.5. The first-order valence-electron chi connectivity index (χ1n) is 11.6. The molecule has 1 aromatic heterocycles. The summed E-state index contributed by atoms with van der Waals surface area (Å²) in [4.78, 5) is 17.1. The van der Waals surface area contributed by atoms with E-state index < -0.39 is 6.09 Å². The minimum absolute atomic E-state index is 0.307. The first-order chi connectivity index (χ1) is 16.1. The fourth-order valence-electron chi connectivity index (χ4n) is 4.80. The smallest absolute Gasteiger partial charge is 0.412 e. The Morgan fingerprint density at radius 1 is 1.03 bits per heavy atom. The van der Waals surface area contributed by atoms with E-state index in [2.05, 4.69) is 53.6 Å². The van der Waals surface area contributed by atoms with E-state index in [-0.39, 0.29) is 0 Å². The van der Waals surface area contributed by atoms with Gasteiger partial charge < -0.3 is 15.4 Å². The van der Waals surface area contributed by atoms with Gasteiger partial charge in [-0.25, -0.2) is 4.79 Å². The number of fused-ring (bicyclic) bond motifs is 3. The lowest BCUT2D eigenvalue weighted by Crippen LogP contribution is -2.28. The number of nitrogens with one attached hydrogen (secondary N) is 2. The molecule has 0 saturated carbocycles. The van der Waals surface area contributed by atoms with E-state index in [0.29, 0.717) is 12.2 Å². The monoisotopic (exact) mass is 439 g/mol. The van der Waals surface area contributed by atoms with Crippen molar-refractivity contribution >= 4 is 28.4 Å². The highest BCUT2D eigenvalue weighted by Gasteiger charge is 2.20. The van der Waals surface area contributed by atoms with E-state index in [9.17, 15) is 9.90 Å². The van der Waals surface area contributed by atoms with Gasteiger partial charge in [0.15, 0.2) is 0 Å². The summed E-state index contributed by atoms with van der Waals surface area (Å²) in [6.07, 6.45) is 3.29. The minimum Gasteiger partial charge on any atom is -0.465 e. The molecule has 3 N–H and O–H groups in total. The van der Waals surface area contributed by atoms with Crippen LogP contribution in [0.2, 0.25) is 0 Å². The zero-order valence-electron chi connectivity index (χ0n) is 18.9. The van der Waals surface area contributed by atoms with Crippen LogP contribution in [0.3, 0.4) is 0 Å². The topological polar surface area (TPSA) is 68.4 Å². The lowest BCUT2D eigenvalue weighted by molar-refractivity contribution is 0.201. The fourth-order valence-corrected chi connectivity index (χ4v) is 4.80. The number of aryl methyl sites for hydroxylation is 3. The average Bonchev–Trinajstić information content (AvgIpc) is 3.41. The summed E-state index contributed by atoms with van der Waals surface area (Å²) < 4.78 is 0. The Kier molecular flexibility index (Phi) is 5.78. The maximum Gasteiger partial charge on any atom is 0.412 e. The minimum atomic E-state index is -0.944. The maximum absolute atomic E-state index is 12.2. The molecule has 1 aliphatic rings. The molecule has 4 aromatic rings. The highest BCUT2D eigenvalue weighted by atomic mass is 16.4. The largest absolute Gasteiger partial charge is 0.465 e. The molecule has 0 unspecified atom stereocenters. The van der Waals surface area contributed by atoms with E-state index in [1.807, 2.05) is 30.3 Å². The van der Waals surface area contributed by atoms with Crippen LogP contribution in [0, 0.1) is 6.92 Å². The molecule has 5 rings (SSSR count). The maximum atomic E-state index is 12.2. The van der Waals surface area contributed by atoms with Gasteiger partial charge in [0.1, 0.15) is 0 Å². The van der Waals surface area contributed by atoms with E-state index in [0.717, 1.165) is 59.9 Å². The van der Waals surface area contributed by atoms with E-state index in [1.165, 1.54) is 21.7 Å². The summed E-state index contributed by atoms with van der Waals surface area (Å²) in [5.41, 5.74) is 8.90. The number of anilines is 2. The van der Waals surface area contributed by atoms with Gasteiger partial charge >= 0.3 is 6.09 Å². The highest BCUT2D eigenvalue weighted by Crippen LogP contribution is 2.33. The second-order valence-corrected chi connectivity index (χ2v) is 8.85. The Hall–Kier alpha value is -3.73. The van der Waals surface area contributed by atoms with Gasteiger partial charge in [-0.2, -0.15) is 0 Å². The lowest BCUT2D eigenvalue weighted by Gasteiger charge is -2.21. The van der Waals surface area contributed by atoms with Crippen molar-refractivity contribution < 1.29 is 9.90 Å². The van der Waals surface area contributed by atoms with Crippen LogP contribution in [0.4, 0.5) is 16.2 Å². The van der Waals surface area contributed by atoms with Crippen LogP contribution in [0.5, 0.6) is 0 Å². The second kappa shape index (κ2) is 9.02. The van der Waals surface area contributed by atoms with E-state index >= 15 is 0 Å². The molecule has 0 aliphatic heterocycles. The second-order valence-electron chi connectivity index (χ2n) is 8.85. The van der Waals surface area contributed by atoms with Gasteiger partial charge in [0.05, 0.1) is 6.54 Å². The van der Waals surface area contributed by atoms with Crippen molar-refractivity contribution in [1.29, 1.82) is 0 Å². The summed E-state index contributed by atoms with van der Waals surface area (Å²) in [5, 5.41) is 14.7. The first kappa shape index (κ1) is 21.1. The number of rotatable bonds is 7. The van der Waals surface area contributed by atoms with Crippen LogP contribution in [0.25, 0.3) is 10.9 Å². The number of H-pyrrole nitrogens is 1. The molecule has 0 atom stereocenters. The van der Waals surface area contributed by atoms with Crippen molar-refractivity contribution in [1.82, 2.24) is 4.98 Å². The molecule has 0 saturated heterocycles. The van der Waals surface area contributed by atoms with E-state index in [4.69, 9.17) is 0 Å². The van der Waals surface area contributed by atoms with Gasteiger partial charge in [0, 0.05) is 34.5 Å². The quantitative estimate of drug-likeness (QED) is 0.316.